The fraction of sp³-hybridized carbons (Fsp3) is 0.0769. The smallest absolute Gasteiger partial charge is 0.354 e. The van der Waals surface area contributed by atoms with Crippen molar-refractivity contribution >= 4 is 44.9 Å². The minimum Gasteiger partial charge on any atom is -0.360 e. The molecular weight excluding hydrogens is 382 g/mol. The van der Waals surface area contributed by atoms with Crippen LogP contribution in [0.5, 0.6) is 0 Å². The number of nitrogens with zero attached hydrogens (tertiary/aromatic N) is 5. The van der Waals surface area contributed by atoms with Gasteiger partial charge in [0.25, 0.3) is 0 Å². The minimum atomic E-state index is -0.587. The molecule has 10 nitrogen and oxygen atoms in total. The van der Waals surface area contributed by atoms with E-state index in [1.54, 1.807) is 31.3 Å². The van der Waals surface area contributed by atoms with E-state index in [1.165, 1.54) is 6.33 Å². The summed E-state index contributed by atoms with van der Waals surface area (Å²) in [6.45, 7) is 1.71. The monoisotopic (exact) mass is 391 g/mol. The lowest BCUT2D eigenvalue weighted by Gasteiger charge is -2.08. The molecule has 11 heteroatoms. The Labute approximate surface area is 143 Å². The number of nitro groups is 1. The van der Waals surface area contributed by atoms with E-state index in [1.807, 2.05) is 0 Å². The Bertz CT molecular complexity index is 882. The Balaban J connectivity index is 1.95. The van der Waals surface area contributed by atoms with Crippen molar-refractivity contribution in [3.8, 4) is 0 Å². The van der Waals surface area contributed by atoms with Gasteiger partial charge in [0.15, 0.2) is 5.82 Å². The molecule has 0 fully saturated rings. The van der Waals surface area contributed by atoms with Crippen LogP contribution < -0.4 is 10.6 Å². The van der Waals surface area contributed by atoms with Crippen molar-refractivity contribution in [1.82, 2.24) is 20.1 Å². The zero-order valence-corrected chi connectivity index (χ0v) is 13.8. The first-order chi connectivity index (χ1) is 11.5. The maximum Gasteiger partial charge on any atom is 0.354 e. The second-order valence-electron chi connectivity index (χ2n) is 4.61. The summed E-state index contributed by atoms with van der Waals surface area (Å²) in [5, 5.41) is 20.7. The molecule has 3 rings (SSSR count). The van der Waals surface area contributed by atoms with Gasteiger partial charge < -0.3 is 15.2 Å². The molecule has 2 N–H and O–H groups in total. The number of hydrogen-bond donors (Lipinski definition) is 2. The highest BCUT2D eigenvalue weighted by Gasteiger charge is 2.24. The molecule has 0 spiro atoms. The molecule has 3 heterocycles. The van der Waals surface area contributed by atoms with Crippen molar-refractivity contribution in [2.75, 3.05) is 10.6 Å². The molecule has 0 unspecified atom stereocenters. The minimum absolute atomic E-state index is 0.00698. The van der Waals surface area contributed by atoms with Crippen LogP contribution in [0.2, 0.25) is 0 Å². The van der Waals surface area contributed by atoms with E-state index in [0.29, 0.717) is 17.4 Å². The van der Waals surface area contributed by atoms with Gasteiger partial charge in [0.05, 0.1) is 4.92 Å². The molecule has 0 radical (unpaired) electrons. The van der Waals surface area contributed by atoms with Crippen LogP contribution in [-0.4, -0.2) is 25.0 Å². The van der Waals surface area contributed by atoms with E-state index < -0.39 is 4.92 Å². The highest BCUT2D eigenvalue weighted by atomic mass is 79.9. The van der Waals surface area contributed by atoms with Gasteiger partial charge >= 0.3 is 5.69 Å². The second kappa shape index (κ2) is 6.58. The molecule has 122 valence electrons. The number of aromatic nitrogens is 4. The lowest BCUT2D eigenvalue weighted by molar-refractivity contribution is -0.383. The summed E-state index contributed by atoms with van der Waals surface area (Å²) in [5.74, 6) is 1.27. The van der Waals surface area contributed by atoms with Gasteiger partial charge in [-0.1, -0.05) is 5.16 Å². The van der Waals surface area contributed by atoms with Gasteiger partial charge in [-0.15, -0.1) is 0 Å². The molecule has 3 aromatic heterocycles. The number of rotatable bonds is 5. The summed E-state index contributed by atoms with van der Waals surface area (Å²) in [7, 11) is 0. The van der Waals surface area contributed by atoms with Crippen molar-refractivity contribution < 1.29 is 9.45 Å². The van der Waals surface area contributed by atoms with Crippen LogP contribution in [0.3, 0.4) is 0 Å². The van der Waals surface area contributed by atoms with Crippen LogP contribution in [0.25, 0.3) is 0 Å². The lowest BCUT2D eigenvalue weighted by atomic mass is 10.4. The van der Waals surface area contributed by atoms with Crippen LogP contribution in [0.1, 0.15) is 5.76 Å². The fourth-order valence-corrected chi connectivity index (χ4v) is 2.09. The van der Waals surface area contributed by atoms with Gasteiger partial charge in [-0.2, -0.15) is 0 Å². The normalized spacial score (nSPS) is 10.4. The average molecular weight is 392 g/mol. The van der Waals surface area contributed by atoms with Gasteiger partial charge in [0, 0.05) is 16.7 Å². The summed E-state index contributed by atoms with van der Waals surface area (Å²) in [5.41, 5.74) is -0.331. The summed E-state index contributed by atoms with van der Waals surface area (Å²) < 4.78 is 5.70. The quantitative estimate of drug-likeness (QED) is 0.496. The first kappa shape index (κ1) is 15.8. The maximum atomic E-state index is 11.5. The lowest BCUT2D eigenvalue weighted by Crippen LogP contribution is -2.06. The van der Waals surface area contributed by atoms with Gasteiger partial charge in [-0.25, -0.2) is 15.0 Å². The number of aryl methyl sites for hydroxylation is 1. The SMILES string of the molecule is Cc1cc(Nc2ncnc(Nc3ccc(Br)cn3)c2[N+](=O)[O-])no1. The molecule has 0 amide bonds. The average Bonchev–Trinajstić information content (AvgIpc) is 2.94. The zero-order chi connectivity index (χ0) is 17.1. The van der Waals surface area contributed by atoms with Crippen LogP contribution in [0, 0.1) is 17.0 Å². The van der Waals surface area contributed by atoms with Crippen molar-refractivity contribution in [1.29, 1.82) is 0 Å². The molecule has 0 aliphatic rings. The summed E-state index contributed by atoms with van der Waals surface area (Å²) in [6, 6.07) is 5.00. The molecule has 3 aromatic rings. The topological polar surface area (TPSA) is 132 Å². The maximum absolute atomic E-state index is 11.5. The molecule has 0 saturated heterocycles. The predicted octanol–water partition coefficient (Wildman–Crippen LogP) is 3.33. The Morgan fingerprint density at radius 1 is 1.17 bits per heavy atom. The van der Waals surface area contributed by atoms with E-state index in [9.17, 15) is 10.1 Å². The largest absolute Gasteiger partial charge is 0.360 e. The van der Waals surface area contributed by atoms with E-state index in [2.05, 4.69) is 46.7 Å². The third-order valence-electron chi connectivity index (χ3n) is 2.85. The van der Waals surface area contributed by atoms with Gasteiger partial charge in [-0.3, -0.25) is 10.1 Å². The third kappa shape index (κ3) is 3.46. The molecule has 0 bridgehead atoms. The number of nitrogens with one attached hydrogen (secondary N) is 2. The van der Waals surface area contributed by atoms with Crippen LogP contribution >= 0.6 is 15.9 Å². The number of hydrogen-bond acceptors (Lipinski definition) is 9. The molecule has 24 heavy (non-hydrogen) atoms. The summed E-state index contributed by atoms with van der Waals surface area (Å²) in [4.78, 5) is 22.8. The fourth-order valence-electron chi connectivity index (χ4n) is 1.85. The molecule has 0 aliphatic heterocycles. The van der Waals surface area contributed by atoms with Crippen molar-refractivity contribution in [3.05, 3.63) is 51.1 Å². The first-order valence-electron chi connectivity index (χ1n) is 6.61. The number of halogens is 1. The Hall–Kier alpha value is -3.08. The highest BCUT2D eigenvalue weighted by molar-refractivity contribution is 9.10. The standard InChI is InChI=1S/C13H10BrN7O3/c1-7-4-10(20-24-7)19-13-11(21(22)23)12(16-6-17-13)18-9-3-2-8(14)5-15-9/h2-6H,1H3,(H2,15,16,17,18,19,20). The van der Waals surface area contributed by atoms with Crippen molar-refractivity contribution in [2.45, 2.75) is 6.92 Å². The Kier molecular flexibility index (Phi) is 4.33. The van der Waals surface area contributed by atoms with Gasteiger partial charge in [-0.05, 0) is 35.0 Å². The van der Waals surface area contributed by atoms with Crippen molar-refractivity contribution in [2.24, 2.45) is 0 Å². The van der Waals surface area contributed by atoms with Gasteiger partial charge in [0.1, 0.15) is 17.9 Å². The molecule has 0 aliphatic carbocycles. The van der Waals surface area contributed by atoms with Crippen LogP contribution in [0.4, 0.5) is 29.0 Å². The highest BCUT2D eigenvalue weighted by Crippen LogP contribution is 2.32. The molecular formula is C13H10BrN7O3. The summed E-state index contributed by atoms with van der Waals surface area (Å²) >= 11 is 3.27. The van der Waals surface area contributed by atoms with Crippen molar-refractivity contribution in [3.63, 3.8) is 0 Å². The molecule has 0 aromatic carbocycles. The molecule has 0 saturated carbocycles. The van der Waals surface area contributed by atoms with E-state index in [0.717, 1.165) is 4.47 Å². The number of anilines is 4. The van der Waals surface area contributed by atoms with Crippen LogP contribution in [-0.2, 0) is 0 Å². The second-order valence-corrected chi connectivity index (χ2v) is 5.53. The predicted molar refractivity (Wildman–Crippen MR) is 88.4 cm³/mol. The van der Waals surface area contributed by atoms with Gasteiger partial charge in [0.2, 0.25) is 11.6 Å². The summed E-state index contributed by atoms with van der Waals surface area (Å²) in [6.07, 6.45) is 2.76. The van der Waals surface area contributed by atoms with Crippen LogP contribution in [0.15, 0.2) is 39.7 Å². The number of pyridine rings is 1. The zero-order valence-electron chi connectivity index (χ0n) is 12.2. The molecule has 0 atom stereocenters. The van der Waals surface area contributed by atoms with E-state index >= 15 is 0 Å². The Morgan fingerprint density at radius 2 is 1.88 bits per heavy atom. The Morgan fingerprint density at radius 3 is 2.42 bits per heavy atom. The van der Waals surface area contributed by atoms with E-state index in [4.69, 9.17) is 4.52 Å². The van der Waals surface area contributed by atoms with E-state index in [-0.39, 0.29) is 17.3 Å². The third-order valence-corrected chi connectivity index (χ3v) is 3.32. The first-order valence-corrected chi connectivity index (χ1v) is 7.40.